The molecule has 0 aliphatic rings. The van der Waals surface area contributed by atoms with Crippen molar-refractivity contribution in [1.29, 1.82) is 0 Å². The van der Waals surface area contributed by atoms with Crippen LogP contribution < -0.4 is 10.5 Å². The Balaban J connectivity index is 2.04. The lowest BCUT2D eigenvalue weighted by Crippen LogP contribution is -2.36. The molecule has 160 valence electrons. The number of nitrogens with two attached hydrogens (primary N) is 1. The molecular formula is C22H28F3NO3. The number of alkyl halides is 3. The third-order valence-electron chi connectivity index (χ3n) is 4.83. The highest BCUT2D eigenvalue weighted by atomic mass is 19.4. The molecule has 0 bridgehead atoms. The van der Waals surface area contributed by atoms with E-state index >= 15 is 0 Å². The zero-order chi connectivity index (χ0) is 21.8. The van der Waals surface area contributed by atoms with Crippen molar-refractivity contribution in [3.8, 4) is 5.75 Å². The predicted molar refractivity (Wildman–Crippen MR) is 105 cm³/mol. The Hall–Kier alpha value is -2.09. The molecule has 4 nitrogen and oxygen atoms in total. The van der Waals surface area contributed by atoms with Crippen molar-refractivity contribution >= 4 is 0 Å². The van der Waals surface area contributed by atoms with Gasteiger partial charge >= 0.3 is 6.18 Å². The maximum absolute atomic E-state index is 12.9. The van der Waals surface area contributed by atoms with Crippen LogP contribution in [0.2, 0.25) is 0 Å². The van der Waals surface area contributed by atoms with E-state index in [0.717, 1.165) is 17.7 Å². The molecule has 0 saturated heterocycles. The number of rotatable bonds is 8. The second-order valence-electron chi connectivity index (χ2n) is 7.99. The Morgan fingerprint density at radius 3 is 2.24 bits per heavy atom. The largest absolute Gasteiger partial charge is 0.485 e. The van der Waals surface area contributed by atoms with E-state index in [4.69, 9.17) is 10.5 Å². The SMILES string of the molecule is CC(Cc1ccc(OC(C)(C)CO)cc1)C(N)C(O)c1cccc(C(F)(F)F)c1. The first-order chi connectivity index (χ1) is 13.4. The van der Waals surface area contributed by atoms with Gasteiger partial charge in [0.2, 0.25) is 0 Å². The molecule has 29 heavy (non-hydrogen) atoms. The first-order valence-electron chi connectivity index (χ1n) is 9.42. The highest BCUT2D eigenvalue weighted by Crippen LogP contribution is 2.32. The van der Waals surface area contributed by atoms with Gasteiger partial charge in [0.15, 0.2) is 0 Å². The van der Waals surface area contributed by atoms with E-state index in [2.05, 4.69) is 0 Å². The fourth-order valence-electron chi connectivity index (χ4n) is 2.99. The minimum Gasteiger partial charge on any atom is -0.485 e. The van der Waals surface area contributed by atoms with Gasteiger partial charge in [-0.05, 0) is 61.6 Å². The summed E-state index contributed by atoms with van der Waals surface area (Å²) >= 11 is 0. The molecule has 3 unspecified atom stereocenters. The van der Waals surface area contributed by atoms with Crippen LogP contribution in [0.3, 0.4) is 0 Å². The molecule has 3 atom stereocenters. The summed E-state index contributed by atoms with van der Waals surface area (Å²) < 4.78 is 44.4. The van der Waals surface area contributed by atoms with E-state index in [9.17, 15) is 23.4 Å². The Morgan fingerprint density at radius 1 is 1.07 bits per heavy atom. The minimum absolute atomic E-state index is 0.117. The minimum atomic E-state index is -4.47. The molecule has 7 heteroatoms. The molecule has 0 spiro atoms. The summed E-state index contributed by atoms with van der Waals surface area (Å²) in [6.07, 6.45) is -5.14. The van der Waals surface area contributed by atoms with E-state index in [1.807, 2.05) is 19.1 Å². The Labute approximate surface area is 169 Å². The second kappa shape index (κ2) is 9.15. The molecule has 0 aromatic heterocycles. The lowest BCUT2D eigenvalue weighted by molar-refractivity contribution is -0.137. The number of aliphatic hydroxyl groups excluding tert-OH is 2. The van der Waals surface area contributed by atoms with Crippen molar-refractivity contribution in [3.05, 3.63) is 65.2 Å². The van der Waals surface area contributed by atoms with E-state index in [0.29, 0.717) is 12.2 Å². The molecule has 0 aliphatic heterocycles. The van der Waals surface area contributed by atoms with E-state index < -0.39 is 29.5 Å². The van der Waals surface area contributed by atoms with Crippen molar-refractivity contribution < 1.29 is 28.1 Å². The van der Waals surface area contributed by atoms with Gasteiger partial charge in [0.1, 0.15) is 11.4 Å². The highest BCUT2D eigenvalue weighted by molar-refractivity contribution is 5.30. The molecule has 0 aliphatic carbocycles. The molecule has 0 amide bonds. The maximum atomic E-state index is 12.9. The van der Waals surface area contributed by atoms with Gasteiger partial charge in [0, 0.05) is 6.04 Å². The van der Waals surface area contributed by atoms with Crippen molar-refractivity contribution in [2.45, 2.75) is 51.1 Å². The van der Waals surface area contributed by atoms with Crippen LogP contribution in [-0.2, 0) is 12.6 Å². The number of ether oxygens (including phenoxy) is 1. The summed E-state index contributed by atoms with van der Waals surface area (Å²) in [6.45, 7) is 5.28. The summed E-state index contributed by atoms with van der Waals surface area (Å²) in [7, 11) is 0. The number of benzene rings is 2. The standard InChI is InChI=1S/C22H28F3NO3/c1-14(11-15-7-9-18(10-8-15)29-21(2,3)13-27)19(26)20(28)16-5-4-6-17(12-16)22(23,24)25/h4-10,12,14,19-20,27-28H,11,13,26H2,1-3H3. The van der Waals surface area contributed by atoms with Crippen molar-refractivity contribution in [2.24, 2.45) is 11.7 Å². The summed E-state index contributed by atoms with van der Waals surface area (Å²) in [5, 5.41) is 19.8. The molecule has 2 aromatic carbocycles. The summed E-state index contributed by atoms with van der Waals surface area (Å²) in [4.78, 5) is 0. The smallest absolute Gasteiger partial charge is 0.416 e. The third kappa shape index (κ3) is 6.45. The molecule has 0 saturated carbocycles. The van der Waals surface area contributed by atoms with Crippen LogP contribution in [0, 0.1) is 5.92 Å². The van der Waals surface area contributed by atoms with Gasteiger partial charge in [-0.25, -0.2) is 0 Å². The van der Waals surface area contributed by atoms with E-state index in [1.54, 1.807) is 26.0 Å². The Kier molecular flexibility index (Phi) is 7.32. The molecule has 2 aromatic rings. The Bertz CT molecular complexity index is 791. The zero-order valence-electron chi connectivity index (χ0n) is 16.8. The Morgan fingerprint density at radius 2 is 1.69 bits per heavy atom. The summed E-state index contributed by atoms with van der Waals surface area (Å²) in [5.41, 5.74) is 5.75. The molecule has 2 rings (SSSR count). The second-order valence-corrected chi connectivity index (χ2v) is 7.99. The quantitative estimate of drug-likeness (QED) is 0.612. The van der Waals surface area contributed by atoms with Crippen molar-refractivity contribution in [3.63, 3.8) is 0 Å². The lowest BCUT2D eigenvalue weighted by Gasteiger charge is -2.26. The van der Waals surface area contributed by atoms with Gasteiger partial charge in [0.25, 0.3) is 0 Å². The molecule has 4 N–H and O–H groups in total. The van der Waals surface area contributed by atoms with Gasteiger partial charge in [0.05, 0.1) is 18.3 Å². The number of hydrogen-bond acceptors (Lipinski definition) is 4. The summed E-state index contributed by atoms with van der Waals surface area (Å²) in [6, 6.07) is 11.2. The van der Waals surface area contributed by atoms with Crippen LogP contribution in [0.15, 0.2) is 48.5 Å². The van der Waals surface area contributed by atoms with Gasteiger partial charge in [-0.1, -0.05) is 31.2 Å². The average Bonchev–Trinajstić information content (AvgIpc) is 2.67. The van der Waals surface area contributed by atoms with E-state index in [-0.39, 0.29) is 18.1 Å². The van der Waals surface area contributed by atoms with Crippen LogP contribution in [0.4, 0.5) is 13.2 Å². The lowest BCUT2D eigenvalue weighted by atomic mass is 9.88. The average molecular weight is 411 g/mol. The zero-order valence-corrected chi connectivity index (χ0v) is 16.8. The molecule has 0 heterocycles. The van der Waals surface area contributed by atoms with Gasteiger partial charge in [-0.2, -0.15) is 13.2 Å². The normalized spacial score (nSPS) is 15.6. The molecule has 0 fully saturated rings. The number of halogens is 3. The van der Waals surface area contributed by atoms with Gasteiger partial charge in [-0.15, -0.1) is 0 Å². The summed E-state index contributed by atoms with van der Waals surface area (Å²) in [5.74, 6) is 0.439. The molecular weight excluding hydrogens is 383 g/mol. The van der Waals surface area contributed by atoms with Crippen molar-refractivity contribution in [2.75, 3.05) is 6.61 Å². The van der Waals surface area contributed by atoms with Crippen LogP contribution in [0.5, 0.6) is 5.75 Å². The van der Waals surface area contributed by atoms with Crippen molar-refractivity contribution in [1.82, 2.24) is 0 Å². The molecule has 0 radical (unpaired) electrons. The third-order valence-corrected chi connectivity index (χ3v) is 4.83. The van der Waals surface area contributed by atoms with Crippen LogP contribution in [0.1, 0.15) is 43.6 Å². The number of hydrogen-bond donors (Lipinski definition) is 3. The maximum Gasteiger partial charge on any atom is 0.416 e. The van der Waals surface area contributed by atoms with Gasteiger partial charge < -0.3 is 20.7 Å². The van der Waals surface area contributed by atoms with Crippen LogP contribution in [0.25, 0.3) is 0 Å². The highest BCUT2D eigenvalue weighted by Gasteiger charge is 2.32. The topological polar surface area (TPSA) is 75.7 Å². The van der Waals surface area contributed by atoms with Gasteiger partial charge in [-0.3, -0.25) is 0 Å². The van der Waals surface area contributed by atoms with Crippen LogP contribution >= 0.6 is 0 Å². The fraction of sp³-hybridized carbons (Fsp3) is 0.455. The fourth-order valence-corrected chi connectivity index (χ4v) is 2.99. The number of aliphatic hydroxyl groups is 2. The first-order valence-corrected chi connectivity index (χ1v) is 9.42. The van der Waals surface area contributed by atoms with Crippen LogP contribution in [-0.4, -0.2) is 28.5 Å². The monoisotopic (exact) mass is 411 g/mol. The van der Waals surface area contributed by atoms with E-state index in [1.165, 1.54) is 12.1 Å². The predicted octanol–water partition coefficient (Wildman–Crippen LogP) is 4.09. The first kappa shape index (κ1) is 23.2.